The summed E-state index contributed by atoms with van der Waals surface area (Å²) in [4.78, 5) is 0. The molecule has 3 nitrogen and oxygen atoms in total. The Morgan fingerprint density at radius 1 is 1.28 bits per heavy atom. The summed E-state index contributed by atoms with van der Waals surface area (Å²) in [7, 11) is 0. The fourth-order valence-electron chi connectivity index (χ4n) is 1.83. The molecule has 2 rings (SSSR count). The van der Waals surface area contributed by atoms with Crippen LogP contribution in [-0.2, 0) is 0 Å². The van der Waals surface area contributed by atoms with Crippen LogP contribution in [0.4, 0.5) is 13.2 Å². The zero-order valence-electron chi connectivity index (χ0n) is 9.35. The van der Waals surface area contributed by atoms with Gasteiger partial charge in [-0.05, 0) is 17.7 Å². The van der Waals surface area contributed by atoms with Crippen molar-refractivity contribution < 1.29 is 17.9 Å². The molecule has 1 aliphatic rings. The van der Waals surface area contributed by atoms with Crippen molar-refractivity contribution in [2.75, 3.05) is 19.6 Å². The van der Waals surface area contributed by atoms with Crippen LogP contribution in [0.5, 0.6) is 5.75 Å². The van der Waals surface area contributed by atoms with E-state index in [1.807, 2.05) is 0 Å². The van der Waals surface area contributed by atoms with Gasteiger partial charge in [-0.2, -0.15) is 0 Å². The normalized spacial score (nSPS) is 20.8. The van der Waals surface area contributed by atoms with Gasteiger partial charge in [-0.15, -0.1) is 13.2 Å². The van der Waals surface area contributed by atoms with Crippen LogP contribution in [0.2, 0.25) is 5.02 Å². The van der Waals surface area contributed by atoms with E-state index in [-0.39, 0.29) is 16.8 Å². The maximum absolute atomic E-state index is 12.1. The molecule has 0 aromatic heterocycles. The average molecular weight is 281 g/mol. The highest BCUT2D eigenvalue weighted by Gasteiger charge is 2.32. The Morgan fingerprint density at radius 2 is 2.06 bits per heavy atom. The van der Waals surface area contributed by atoms with Gasteiger partial charge in [0.25, 0.3) is 0 Å². The van der Waals surface area contributed by atoms with Crippen LogP contribution in [0.1, 0.15) is 11.6 Å². The standard InChI is InChI=1S/C11H12ClF3N2O/c12-8-5-7(9-6-16-3-4-17-9)1-2-10(8)18-11(13,14)15/h1-2,5,9,16-17H,3-4,6H2/t9-/m1/s1. The van der Waals surface area contributed by atoms with E-state index in [0.717, 1.165) is 25.2 Å². The minimum Gasteiger partial charge on any atom is -0.404 e. The second-order valence-corrected chi connectivity index (χ2v) is 4.36. The summed E-state index contributed by atoms with van der Waals surface area (Å²) in [6, 6.07) is 4.36. The summed E-state index contributed by atoms with van der Waals surface area (Å²) >= 11 is 5.78. The number of hydrogen-bond donors (Lipinski definition) is 2. The number of halogens is 4. The fourth-order valence-corrected chi connectivity index (χ4v) is 2.06. The molecule has 0 spiro atoms. The van der Waals surface area contributed by atoms with Gasteiger partial charge >= 0.3 is 6.36 Å². The van der Waals surface area contributed by atoms with Gasteiger partial charge in [-0.3, -0.25) is 0 Å². The third-order valence-electron chi connectivity index (χ3n) is 2.62. The molecule has 0 aliphatic carbocycles. The Bertz CT molecular complexity index is 419. The third-order valence-corrected chi connectivity index (χ3v) is 2.92. The minimum absolute atomic E-state index is 0.0443. The summed E-state index contributed by atoms with van der Waals surface area (Å²) in [5.74, 6) is -0.378. The number of piperazine rings is 1. The topological polar surface area (TPSA) is 33.3 Å². The predicted molar refractivity (Wildman–Crippen MR) is 61.7 cm³/mol. The van der Waals surface area contributed by atoms with E-state index in [1.165, 1.54) is 12.1 Å². The first-order chi connectivity index (χ1) is 8.46. The Kier molecular flexibility index (Phi) is 3.99. The van der Waals surface area contributed by atoms with Crippen LogP contribution in [0, 0.1) is 0 Å². The number of ether oxygens (including phenoxy) is 1. The molecule has 0 bridgehead atoms. The van der Waals surface area contributed by atoms with Crippen molar-refractivity contribution in [3.63, 3.8) is 0 Å². The number of hydrogen-bond acceptors (Lipinski definition) is 3. The molecule has 0 saturated carbocycles. The SMILES string of the molecule is FC(F)(F)Oc1ccc([C@H]2CNCCN2)cc1Cl. The summed E-state index contributed by atoms with van der Waals surface area (Å²) in [6.07, 6.45) is -4.73. The molecule has 1 atom stereocenters. The maximum Gasteiger partial charge on any atom is 0.573 e. The van der Waals surface area contributed by atoms with Crippen molar-refractivity contribution in [2.45, 2.75) is 12.4 Å². The lowest BCUT2D eigenvalue weighted by atomic mass is 10.1. The quantitative estimate of drug-likeness (QED) is 0.873. The molecule has 2 N–H and O–H groups in total. The van der Waals surface area contributed by atoms with Gasteiger partial charge in [-0.25, -0.2) is 0 Å². The molecule has 1 heterocycles. The summed E-state index contributed by atoms with van der Waals surface area (Å²) in [6.45, 7) is 2.40. The zero-order chi connectivity index (χ0) is 13.2. The Hall–Kier alpha value is -0.980. The number of alkyl halides is 3. The second kappa shape index (κ2) is 5.34. The second-order valence-electron chi connectivity index (χ2n) is 3.95. The molecule has 1 aromatic carbocycles. The molecular formula is C11H12ClF3N2O. The van der Waals surface area contributed by atoms with E-state index in [4.69, 9.17) is 11.6 Å². The lowest BCUT2D eigenvalue weighted by Gasteiger charge is -2.25. The van der Waals surface area contributed by atoms with Crippen molar-refractivity contribution in [2.24, 2.45) is 0 Å². The van der Waals surface area contributed by atoms with Gasteiger partial charge in [0.05, 0.1) is 5.02 Å². The van der Waals surface area contributed by atoms with Gasteiger partial charge in [0.1, 0.15) is 5.75 Å². The molecule has 1 fully saturated rings. The highest BCUT2D eigenvalue weighted by atomic mass is 35.5. The summed E-state index contributed by atoms with van der Waals surface area (Å²) in [5, 5.41) is 6.39. The van der Waals surface area contributed by atoms with Gasteiger partial charge in [0, 0.05) is 25.7 Å². The van der Waals surface area contributed by atoms with Crippen LogP contribution in [0.25, 0.3) is 0 Å². The predicted octanol–water partition coefficient (Wildman–Crippen LogP) is 2.47. The molecule has 0 amide bonds. The molecule has 1 saturated heterocycles. The van der Waals surface area contributed by atoms with E-state index in [1.54, 1.807) is 6.07 Å². The Morgan fingerprint density at radius 3 is 2.61 bits per heavy atom. The van der Waals surface area contributed by atoms with Crippen LogP contribution in [0.3, 0.4) is 0 Å². The van der Waals surface area contributed by atoms with Gasteiger partial charge in [0.2, 0.25) is 0 Å². The lowest BCUT2D eigenvalue weighted by Crippen LogP contribution is -2.42. The van der Waals surface area contributed by atoms with E-state index < -0.39 is 6.36 Å². The van der Waals surface area contributed by atoms with Crippen LogP contribution < -0.4 is 15.4 Å². The summed E-state index contributed by atoms with van der Waals surface area (Å²) < 4.78 is 40.0. The highest BCUT2D eigenvalue weighted by molar-refractivity contribution is 6.32. The van der Waals surface area contributed by atoms with Gasteiger partial charge in [-0.1, -0.05) is 17.7 Å². The van der Waals surface area contributed by atoms with E-state index in [9.17, 15) is 13.2 Å². The largest absolute Gasteiger partial charge is 0.573 e. The van der Waals surface area contributed by atoms with Gasteiger partial charge < -0.3 is 15.4 Å². The molecule has 100 valence electrons. The molecule has 7 heteroatoms. The van der Waals surface area contributed by atoms with Crippen molar-refractivity contribution in [3.05, 3.63) is 28.8 Å². The van der Waals surface area contributed by atoms with Crippen LogP contribution >= 0.6 is 11.6 Å². The number of benzene rings is 1. The van der Waals surface area contributed by atoms with E-state index in [2.05, 4.69) is 15.4 Å². The number of rotatable bonds is 2. The van der Waals surface area contributed by atoms with Gasteiger partial charge in [0.15, 0.2) is 0 Å². The van der Waals surface area contributed by atoms with Crippen LogP contribution in [-0.4, -0.2) is 26.0 Å². The first-order valence-corrected chi connectivity index (χ1v) is 5.83. The first-order valence-electron chi connectivity index (χ1n) is 5.45. The fraction of sp³-hybridized carbons (Fsp3) is 0.455. The molecular weight excluding hydrogens is 269 g/mol. The third kappa shape index (κ3) is 3.51. The zero-order valence-corrected chi connectivity index (χ0v) is 10.1. The molecule has 1 aromatic rings. The Balaban J connectivity index is 2.13. The van der Waals surface area contributed by atoms with Crippen molar-refractivity contribution in [3.8, 4) is 5.75 Å². The molecule has 0 unspecified atom stereocenters. The van der Waals surface area contributed by atoms with Crippen molar-refractivity contribution >= 4 is 11.6 Å². The minimum atomic E-state index is -4.73. The first kappa shape index (κ1) is 13.5. The highest BCUT2D eigenvalue weighted by Crippen LogP contribution is 2.32. The Labute approximate surface area is 107 Å². The lowest BCUT2D eigenvalue weighted by molar-refractivity contribution is -0.274. The van der Waals surface area contributed by atoms with Crippen LogP contribution in [0.15, 0.2) is 18.2 Å². The number of nitrogens with one attached hydrogen (secondary N) is 2. The van der Waals surface area contributed by atoms with Crippen molar-refractivity contribution in [1.29, 1.82) is 0 Å². The summed E-state index contributed by atoms with van der Waals surface area (Å²) in [5.41, 5.74) is 0.835. The maximum atomic E-state index is 12.1. The van der Waals surface area contributed by atoms with Crippen molar-refractivity contribution in [1.82, 2.24) is 10.6 Å². The average Bonchev–Trinajstić information content (AvgIpc) is 2.31. The smallest absolute Gasteiger partial charge is 0.404 e. The van der Waals surface area contributed by atoms with E-state index in [0.29, 0.717) is 0 Å². The monoisotopic (exact) mass is 280 g/mol. The molecule has 1 aliphatic heterocycles. The molecule has 18 heavy (non-hydrogen) atoms. The van der Waals surface area contributed by atoms with E-state index >= 15 is 0 Å². The molecule has 0 radical (unpaired) electrons.